The molecule has 3 aromatic heterocycles. The monoisotopic (exact) mass is 1120 g/mol. The topological polar surface area (TPSA) is 36.9 Å². The van der Waals surface area contributed by atoms with Crippen molar-refractivity contribution in [2.24, 2.45) is 5.41 Å². The third-order valence-corrected chi connectivity index (χ3v) is 16.8. The summed E-state index contributed by atoms with van der Waals surface area (Å²) in [6.45, 7) is 26.6. The molecule has 1 aliphatic rings. The number of benzene rings is 7. The van der Waals surface area contributed by atoms with E-state index in [2.05, 4.69) is 129 Å². The molecule has 360 valence electrons. The molecule has 6 heteroatoms. The molecule has 0 radical (unpaired) electrons. The summed E-state index contributed by atoms with van der Waals surface area (Å²) >= 11 is 2.18. The molecule has 5 nitrogen and oxygen atoms in total. The van der Waals surface area contributed by atoms with Crippen molar-refractivity contribution in [3.05, 3.63) is 196 Å². The number of nitrogens with zero attached hydrogens (tertiary/aromatic N) is 4. The minimum atomic E-state index is -0.636. The van der Waals surface area contributed by atoms with Crippen LogP contribution in [0.25, 0.3) is 72.3 Å². The van der Waals surface area contributed by atoms with Crippen LogP contribution in [0, 0.1) is 21.4 Å². The van der Waals surface area contributed by atoms with Crippen LogP contribution in [-0.4, -0.2) is 18.7 Å². The molecule has 10 aromatic rings. The predicted octanol–water partition coefficient (Wildman–Crippen LogP) is 16.9. The van der Waals surface area contributed by atoms with Crippen molar-refractivity contribution >= 4 is 32.8 Å². The Morgan fingerprint density at radius 2 is 1.14 bits per heavy atom. The Balaban J connectivity index is 1.13. The molecular formula is C65H62N4OPt-2. The predicted molar refractivity (Wildman–Crippen MR) is 290 cm³/mol. The molecular weight excluding hydrogens is 1050 g/mol. The molecule has 0 atom stereocenters. The van der Waals surface area contributed by atoms with Gasteiger partial charge in [0.2, 0.25) is 0 Å². The number of aromatic nitrogens is 4. The Kier molecular flexibility index (Phi) is 8.46. The van der Waals surface area contributed by atoms with Crippen LogP contribution in [0.5, 0.6) is 11.5 Å². The maximum atomic E-state index is 9.34. The molecule has 0 bridgehead atoms. The molecule has 71 heavy (non-hydrogen) atoms. The molecule has 7 aromatic carbocycles. The van der Waals surface area contributed by atoms with Gasteiger partial charge in [-0.25, -0.2) is 0 Å². The van der Waals surface area contributed by atoms with Crippen molar-refractivity contribution in [3.8, 4) is 50.9 Å². The van der Waals surface area contributed by atoms with E-state index in [4.69, 9.17) is 17.9 Å². The van der Waals surface area contributed by atoms with E-state index < -0.39 is 65.8 Å². The van der Waals surface area contributed by atoms with Crippen molar-refractivity contribution in [2.75, 3.05) is 0 Å². The fourth-order valence-corrected chi connectivity index (χ4v) is 11.6. The number of fused-ring (bicyclic) bond motifs is 5. The first-order valence-corrected chi connectivity index (χ1v) is 25.2. The first-order valence-electron chi connectivity index (χ1n) is 29.1. The molecule has 0 unspecified atom stereocenters. The molecule has 0 amide bonds. The van der Waals surface area contributed by atoms with Crippen LogP contribution in [0.1, 0.15) is 119 Å². The summed E-state index contributed by atoms with van der Waals surface area (Å²) in [7, 11) is 0. The molecule has 3 heterocycles. The van der Waals surface area contributed by atoms with Crippen molar-refractivity contribution in [1.29, 1.82) is 0 Å². The third kappa shape index (κ3) is 7.44. The summed E-state index contributed by atoms with van der Waals surface area (Å²) in [5.74, 6) is 1.62. The van der Waals surface area contributed by atoms with Crippen LogP contribution in [0.4, 0.5) is 0 Å². The Bertz CT molecular complexity index is 4270. The second-order valence-electron chi connectivity index (χ2n) is 22.4. The zero-order valence-corrected chi connectivity index (χ0v) is 44.5. The fraction of sp³-hybridized carbons (Fsp3) is 0.262. The van der Waals surface area contributed by atoms with Crippen LogP contribution >= 0.6 is 0 Å². The van der Waals surface area contributed by atoms with E-state index in [1.807, 2.05) is 84.6 Å². The number of para-hydroxylation sites is 2. The van der Waals surface area contributed by atoms with Gasteiger partial charge in [0, 0.05) is 6.20 Å². The van der Waals surface area contributed by atoms with Gasteiger partial charge >= 0.3 is 333 Å². The van der Waals surface area contributed by atoms with E-state index in [0.29, 0.717) is 37.6 Å². The van der Waals surface area contributed by atoms with Crippen LogP contribution < -0.4 is 4.74 Å². The number of rotatable bonds is 7. The molecule has 0 saturated carbocycles. The second kappa shape index (κ2) is 16.5. The van der Waals surface area contributed by atoms with Gasteiger partial charge in [0.1, 0.15) is 0 Å². The van der Waals surface area contributed by atoms with Gasteiger partial charge in [0.15, 0.2) is 0 Å². The Hall–Kier alpha value is -6.55. The standard InChI is InChI=1S/C65H62N4O.Pt/c1-61(2,3)44-32-33-66-59(36-44)69-57-38-48(30-31-49(57)52-39-53-54(40-58(52)69)64(9,10)65(11,12)63(53,7)8)70-47-27-21-26-46(37-47)67-41-68(56-29-20-19-28-55(56)67)60-50(42-22-15-13-16-23-42)34-45(62(4,5)6)35-51(60)43-24-17-14-18-25-43;/h13-36,39-40H,1-12H3;/q-2;/i13D,14D,15D,16D,17D,18D,22D,23D,24D,25D;. The fourth-order valence-electron chi connectivity index (χ4n) is 10.5. The average molecular weight is 1120 g/mol. The average Bonchev–Trinajstić information content (AvgIpc) is 4.15. The Morgan fingerprint density at radius 3 is 1.75 bits per heavy atom. The zero-order valence-electron chi connectivity index (χ0n) is 52.3. The maximum absolute atomic E-state index is 9.34. The van der Waals surface area contributed by atoms with Crippen LogP contribution in [0.3, 0.4) is 0 Å². The second-order valence-corrected chi connectivity index (χ2v) is 23.5. The molecule has 0 aliphatic heterocycles. The molecule has 0 N–H and O–H groups in total. The summed E-state index contributed by atoms with van der Waals surface area (Å²) in [6, 6.07) is 31.8. The van der Waals surface area contributed by atoms with E-state index in [1.165, 1.54) is 11.1 Å². The van der Waals surface area contributed by atoms with Crippen molar-refractivity contribution in [2.45, 2.75) is 105 Å². The summed E-state index contributed by atoms with van der Waals surface area (Å²) in [4.78, 5) is 5.00. The Morgan fingerprint density at radius 1 is 0.563 bits per heavy atom. The SMILES string of the molecule is [2H]c1c([2H])c([2H])c(-c2cc(C(C)(C)C)cc(-c3c([2H])c([2H])c([2H])c([2H])c3[2H])c2-n2[c](=[Pt])n(-c3[c-]c(Oc4[c-]c5c(cc4)c4cc6c(cc4n5-c4cc(C(C)(C)C)ccn4)C(C)(C)C(C)(C)C6(C)C)ccc3)c3ccccc32)c([2H])c1[2H]. The zero-order chi connectivity index (χ0) is 58.7. The van der Waals surface area contributed by atoms with Crippen LogP contribution in [0.2, 0.25) is 0 Å². The summed E-state index contributed by atoms with van der Waals surface area (Å²) in [6.07, 6.45) is 1.88. The Labute approximate surface area is 444 Å². The van der Waals surface area contributed by atoms with E-state index in [9.17, 15) is 5.48 Å². The van der Waals surface area contributed by atoms with E-state index >= 15 is 0 Å². The number of hydrogen-bond acceptors (Lipinski definition) is 2. The van der Waals surface area contributed by atoms with Crippen LogP contribution in [0.15, 0.2) is 158 Å². The van der Waals surface area contributed by atoms with Gasteiger partial charge in [-0.15, -0.1) is 0 Å². The normalized spacial score (nSPS) is 17.2. The third-order valence-electron chi connectivity index (χ3n) is 15.8. The minimum absolute atomic E-state index is 0.0402. The number of imidazole rings is 1. The quantitative estimate of drug-likeness (QED) is 0.149. The number of ether oxygens (including phenoxy) is 1. The van der Waals surface area contributed by atoms with Crippen molar-refractivity contribution in [1.82, 2.24) is 18.7 Å². The van der Waals surface area contributed by atoms with E-state index in [-0.39, 0.29) is 49.6 Å². The van der Waals surface area contributed by atoms with E-state index in [1.54, 1.807) is 12.1 Å². The van der Waals surface area contributed by atoms with E-state index in [0.717, 1.165) is 33.2 Å². The van der Waals surface area contributed by atoms with Gasteiger partial charge in [-0.05, 0) is 44.4 Å². The van der Waals surface area contributed by atoms with Gasteiger partial charge in [0.25, 0.3) is 0 Å². The molecule has 0 fully saturated rings. The first-order chi connectivity index (χ1) is 37.8. The van der Waals surface area contributed by atoms with Gasteiger partial charge in [-0.3, -0.25) is 0 Å². The van der Waals surface area contributed by atoms with Crippen LogP contribution in [-0.2, 0) is 41.0 Å². The number of hydrogen-bond donors (Lipinski definition) is 0. The van der Waals surface area contributed by atoms with Gasteiger partial charge < -0.3 is 0 Å². The van der Waals surface area contributed by atoms with Gasteiger partial charge in [-0.1, -0.05) is 62.3 Å². The molecule has 11 rings (SSSR count). The van der Waals surface area contributed by atoms with Gasteiger partial charge in [-0.2, -0.15) is 0 Å². The number of pyridine rings is 1. The van der Waals surface area contributed by atoms with Crippen molar-refractivity contribution < 1.29 is 37.8 Å². The summed E-state index contributed by atoms with van der Waals surface area (Å²) in [5, 5.41) is 2.11. The van der Waals surface area contributed by atoms with Crippen molar-refractivity contribution in [3.63, 3.8) is 0 Å². The summed E-state index contributed by atoms with van der Waals surface area (Å²) < 4.78 is 103. The molecule has 0 spiro atoms. The molecule has 0 saturated heterocycles. The molecule has 1 aliphatic carbocycles. The van der Waals surface area contributed by atoms with Gasteiger partial charge in [0.05, 0.1) is 0 Å². The first kappa shape index (κ1) is 36.4. The summed E-state index contributed by atoms with van der Waals surface area (Å²) in [5.41, 5.74) is 7.49.